The first-order valence-electron chi connectivity index (χ1n) is 5.41. The second-order valence-corrected chi connectivity index (χ2v) is 3.89. The molecule has 17 heavy (non-hydrogen) atoms. The molecule has 0 aliphatic rings. The molecule has 0 aliphatic heterocycles. The lowest BCUT2D eigenvalue weighted by Crippen LogP contribution is -2.18. The topological polar surface area (TPSA) is 37.8 Å². The van der Waals surface area contributed by atoms with Crippen molar-refractivity contribution in [1.82, 2.24) is 15.3 Å². The summed E-state index contributed by atoms with van der Waals surface area (Å²) in [6.07, 6.45) is 4.62. The van der Waals surface area contributed by atoms with Gasteiger partial charge in [-0.1, -0.05) is 0 Å². The van der Waals surface area contributed by atoms with Crippen LogP contribution in [0.1, 0.15) is 22.9 Å². The quantitative estimate of drug-likeness (QED) is 0.880. The SMILES string of the molecule is CNC(c1cncc(F)c1)c1ccnc(C)c1. The van der Waals surface area contributed by atoms with Gasteiger partial charge in [-0.3, -0.25) is 9.97 Å². The summed E-state index contributed by atoms with van der Waals surface area (Å²) in [7, 11) is 1.84. The van der Waals surface area contributed by atoms with Crippen molar-refractivity contribution in [2.75, 3.05) is 7.05 Å². The highest BCUT2D eigenvalue weighted by Gasteiger charge is 2.13. The van der Waals surface area contributed by atoms with Gasteiger partial charge in [0.15, 0.2) is 0 Å². The molecule has 0 saturated heterocycles. The minimum Gasteiger partial charge on any atom is -0.309 e. The molecule has 0 bridgehead atoms. The van der Waals surface area contributed by atoms with Crippen molar-refractivity contribution >= 4 is 0 Å². The molecule has 1 N–H and O–H groups in total. The Labute approximate surface area is 99.7 Å². The second-order valence-electron chi connectivity index (χ2n) is 3.89. The zero-order valence-corrected chi connectivity index (χ0v) is 9.81. The maximum absolute atomic E-state index is 13.2. The molecule has 1 atom stereocenters. The van der Waals surface area contributed by atoms with Crippen molar-refractivity contribution in [1.29, 1.82) is 0 Å². The fourth-order valence-corrected chi connectivity index (χ4v) is 1.86. The number of rotatable bonds is 3. The van der Waals surface area contributed by atoms with Crippen molar-refractivity contribution < 1.29 is 4.39 Å². The van der Waals surface area contributed by atoms with E-state index in [0.717, 1.165) is 16.8 Å². The van der Waals surface area contributed by atoms with Gasteiger partial charge in [-0.25, -0.2) is 4.39 Å². The average molecular weight is 231 g/mol. The Bertz CT molecular complexity index is 468. The van der Waals surface area contributed by atoms with E-state index in [2.05, 4.69) is 15.3 Å². The smallest absolute Gasteiger partial charge is 0.141 e. The molecule has 2 aromatic heterocycles. The normalized spacial score (nSPS) is 12.4. The third kappa shape index (κ3) is 2.65. The van der Waals surface area contributed by atoms with Gasteiger partial charge in [0.1, 0.15) is 5.82 Å². The monoisotopic (exact) mass is 231 g/mol. The lowest BCUT2D eigenvalue weighted by molar-refractivity contribution is 0.608. The summed E-state index contributed by atoms with van der Waals surface area (Å²) >= 11 is 0. The third-order valence-corrected chi connectivity index (χ3v) is 2.60. The van der Waals surface area contributed by atoms with Crippen LogP contribution >= 0.6 is 0 Å². The Morgan fingerprint density at radius 3 is 2.71 bits per heavy atom. The van der Waals surface area contributed by atoms with Gasteiger partial charge < -0.3 is 5.32 Å². The van der Waals surface area contributed by atoms with E-state index < -0.39 is 0 Å². The number of nitrogens with zero attached hydrogens (tertiary/aromatic N) is 2. The molecule has 0 aliphatic carbocycles. The van der Waals surface area contributed by atoms with E-state index in [4.69, 9.17) is 0 Å². The highest BCUT2D eigenvalue weighted by atomic mass is 19.1. The van der Waals surface area contributed by atoms with Crippen molar-refractivity contribution in [2.45, 2.75) is 13.0 Å². The molecule has 0 aromatic carbocycles. The molecule has 88 valence electrons. The first-order chi connectivity index (χ1) is 8.20. The van der Waals surface area contributed by atoms with Crippen molar-refractivity contribution in [3.05, 3.63) is 59.4 Å². The Hall–Kier alpha value is -1.81. The first-order valence-corrected chi connectivity index (χ1v) is 5.41. The molecule has 0 fully saturated rings. The Balaban J connectivity index is 2.40. The van der Waals surface area contributed by atoms with Crippen LogP contribution in [0, 0.1) is 12.7 Å². The maximum Gasteiger partial charge on any atom is 0.141 e. The summed E-state index contributed by atoms with van der Waals surface area (Å²) in [4.78, 5) is 8.02. The lowest BCUT2D eigenvalue weighted by Gasteiger charge is -2.17. The van der Waals surface area contributed by atoms with Crippen molar-refractivity contribution in [3.8, 4) is 0 Å². The third-order valence-electron chi connectivity index (χ3n) is 2.60. The number of halogens is 1. The standard InChI is InChI=1S/C13H14FN3/c1-9-5-10(3-4-17-9)13(15-2)11-6-12(14)8-16-7-11/h3-8,13,15H,1-2H3. The van der Waals surface area contributed by atoms with Crippen LogP contribution in [0.2, 0.25) is 0 Å². The van der Waals surface area contributed by atoms with Gasteiger partial charge in [-0.15, -0.1) is 0 Å². The van der Waals surface area contributed by atoms with Crippen LogP contribution in [-0.4, -0.2) is 17.0 Å². The van der Waals surface area contributed by atoms with E-state index in [1.165, 1.54) is 12.3 Å². The van der Waals surface area contributed by atoms with Crippen LogP contribution in [0.4, 0.5) is 4.39 Å². The van der Waals surface area contributed by atoms with Crippen molar-refractivity contribution in [2.24, 2.45) is 0 Å². The molecule has 4 heteroatoms. The van der Waals surface area contributed by atoms with Gasteiger partial charge in [0, 0.05) is 18.1 Å². The van der Waals surface area contributed by atoms with Crippen LogP contribution in [0.25, 0.3) is 0 Å². The average Bonchev–Trinajstić information content (AvgIpc) is 2.30. The summed E-state index contributed by atoms with van der Waals surface area (Å²) in [5.41, 5.74) is 2.79. The summed E-state index contributed by atoms with van der Waals surface area (Å²) in [5, 5.41) is 3.15. The molecule has 1 unspecified atom stereocenters. The van der Waals surface area contributed by atoms with E-state index in [1.807, 2.05) is 26.1 Å². The Kier molecular flexibility index (Phi) is 3.44. The fraction of sp³-hybridized carbons (Fsp3) is 0.231. The van der Waals surface area contributed by atoms with E-state index >= 15 is 0 Å². The molecule has 0 saturated carbocycles. The minimum absolute atomic E-state index is 0.0695. The van der Waals surface area contributed by atoms with Crippen LogP contribution in [0.3, 0.4) is 0 Å². The minimum atomic E-state index is -0.325. The molecular formula is C13H14FN3. The molecule has 2 aromatic rings. The van der Waals surface area contributed by atoms with Gasteiger partial charge in [0.25, 0.3) is 0 Å². The van der Waals surface area contributed by atoms with Gasteiger partial charge in [-0.2, -0.15) is 0 Å². The number of hydrogen-bond acceptors (Lipinski definition) is 3. The number of aromatic nitrogens is 2. The largest absolute Gasteiger partial charge is 0.309 e. The Morgan fingerprint density at radius 1 is 1.24 bits per heavy atom. The lowest BCUT2D eigenvalue weighted by atomic mass is 10.0. The second kappa shape index (κ2) is 5.01. The van der Waals surface area contributed by atoms with Crippen LogP contribution in [-0.2, 0) is 0 Å². The van der Waals surface area contributed by atoms with E-state index in [9.17, 15) is 4.39 Å². The summed E-state index contributed by atoms with van der Waals surface area (Å²) in [6, 6.07) is 5.31. The van der Waals surface area contributed by atoms with E-state index in [-0.39, 0.29) is 11.9 Å². The van der Waals surface area contributed by atoms with Crippen LogP contribution in [0.5, 0.6) is 0 Å². The van der Waals surface area contributed by atoms with Gasteiger partial charge in [0.2, 0.25) is 0 Å². The molecule has 0 radical (unpaired) electrons. The molecule has 2 rings (SSSR count). The molecule has 0 spiro atoms. The molecular weight excluding hydrogens is 217 g/mol. The van der Waals surface area contributed by atoms with Crippen LogP contribution in [0.15, 0.2) is 36.8 Å². The molecule has 2 heterocycles. The van der Waals surface area contributed by atoms with Gasteiger partial charge >= 0.3 is 0 Å². The number of hydrogen-bond donors (Lipinski definition) is 1. The zero-order chi connectivity index (χ0) is 12.3. The van der Waals surface area contributed by atoms with E-state index in [1.54, 1.807) is 12.4 Å². The predicted molar refractivity (Wildman–Crippen MR) is 64.1 cm³/mol. The number of pyridine rings is 2. The van der Waals surface area contributed by atoms with Crippen molar-refractivity contribution in [3.63, 3.8) is 0 Å². The first kappa shape index (κ1) is 11.7. The summed E-state index contributed by atoms with van der Waals surface area (Å²) < 4.78 is 13.2. The Morgan fingerprint density at radius 2 is 2.06 bits per heavy atom. The fourth-order valence-electron chi connectivity index (χ4n) is 1.86. The highest BCUT2D eigenvalue weighted by Crippen LogP contribution is 2.21. The summed E-state index contributed by atoms with van der Waals surface area (Å²) in [6.45, 7) is 1.93. The molecule has 3 nitrogen and oxygen atoms in total. The number of nitrogens with one attached hydrogen (secondary N) is 1. The predicted octanol–water partition coefficient (Wildman–Crippen LogP) is 2.23. The maximum atomic E-state index is 13.2. The van der Waals surface area contributed by atoms with Gasteiger partial charge in [-0.05, 0) is 43.3 Å². The summed E-state index contributed by atoms with van der Waals surface area (Å²) in [5.74, 6) is -0.325. The van der Waals surface area contributed by atoms with E-state index in [0.29, 0.717) is 0 Å². The highest BCUT2D eigenvalue weighted by molar-refractivity contribution is 5.30. The molecule has 0 amide bonds. The zero-order valence-electron chi connectivity index (χ0n) is 9.81. The number of aryl methyl sites for hydroxylation is 1. The van der Waals surface area contributed by atoms with Crippen LogP contribution < -0.4 is 5.32 Å². The van der Waals surface area contributed by atoms with Gasteiger partial charge in [0.05, 0.1) is 12.2 Å².